The lowest BCUT2D eigenvalue weighted by Gasteiger charge is -2.33. The number of carbonyl (C=O) groups excluding carboxylic acids is 1. The Labute approximate surface area is 151 Å². The average molecular weight is 357 g/mol. The normalized spacial score (nSPS) is 18.8. The Morgan fingerprint density at radius 3 is 2.35 bits per heavy atom. The molecule has 0 spiro atoms. The third kappa shape index (κ3) is 3.23. The van der Waals surface area contributed by atoms with E-state index >= 15 is 0 Å². The van der Waals surface area contributed by atoms with Crippen LogP contribution in [0.25, 0.3) is 0 Å². The molecule has 0 bridgehead atoms. The van der Waals surface area contributed by atoms with E-state index in [0.717, 1.165) is 28.2 Å². The van der Waals surface area contributed by atoms with Crippen LogP contribution in [0.1, 0.15) is 28.8 Å². The summed E-state index contributed by atoms with van der Waals surface area (Å²) >= 11 is 0. The Morgan fingerprint density at radius 2 is 1.65 bits per heavy atom. The molecular formula is C20H21F2N3O. The maximum absolute atomic E-state index is 13.3. The molecule has 2 heterocycles. The van der Waals surface area contributed by atoms with E-state index in [2.05, 4.69) is 5.32 Å². The lowest BCUT2D eigenvalue weighted by molar-refractivity contribution is -0.0220. The van der Waals surface area contributed by atoms with E-state index in [1.54, 1.807) is 11.9 Å². The van der Waals surface area contributed by atoms with Crippen molar-refractivity contribution < 1.29 is 13.6 Å². The number of nitrogens with zero attached hydrogens (tertiary/aromatic N) is 2. The van der Waals surface area contributed by atoms with Gasteiger partial charge in [-0.05, 0) is 48.0 Å². The number of carbonyl (C=O) groups is 1. The molecule has 1 fully saturated rings. The van der Waals surface area contributed by atoms with Crippen LogP contribution in [0.4, 0.5) is 25.8 Å². The van der Waals surface area contributed by atoms with Crippen molar-refractivity contribution in [3.05, 3.63) is 53.6 Å². The molecule has 26 heavy (non-hydrogen) atoms. The summed E-state index contributed by atoms with van der Waals surface area (Å²) in [5.74, 6) is -2.47. The first-order valence-corrected chi connectivity index (χ1v) is 8.80. The minimum absolute atomic E-state index is 0.0583. The van der Waals surface area contributed by atoms with Gasteiger partial charge in [-0.15, -0.1) is 0 Å². The summed E-state index contributed by atoms with van der Waals surface area (Å²) in [5.41, 5.74) is 4.60. The summed E-state index contributed by atoms with van der Waals surface area (Å²) in [4.78, 5) is 15.6. The molecule has 0 aromatic heterocycles. The summed E-state index contributed by atoms with van der Waals surface area (Å²) in [6.07, 6.45) is -0.176. The Hall–Kier alpha value is -2.63. The molecule has 1 saturated heterocycles. The number of halogens is 2. The summed E-state index contributed by atoms with van der Waals surface area (Å²) in [6.45, 7) is 1.39. The zero-order valence-electron chi connectivity index (χ0n) is 14.6. The molecule has 4 rings (SSSR count). The summed E-state index contributed by atoms with van der Waals surface area (Å²) in [6, 6.07) is 13.6. The fraction of sp³-hybridized carbons (Fsp3) is 0.350. The van der Waals surface area contributed by atoms with Gasteiger partial charge in [0.1, 0.15) is 0 Å². The summed E-state index contributed by atoms with van der Waals surface area (Å²) in [7, 11) is 1.80. The number of alkyl halides is 2. The van der Waals surface area contributed by atoms with Gasteiger partial charge in [-0.25, -0.2) is 8.78 Å². The minimum atomic E-state index is -2.53. The number of nitrogens with one attached hydrogen (secondary N) is 1. The second-order valence-corrected chi connectivity index (χ2v) is 7.05. The van der Waals surface area contributed by atoms with E-state index < -0.39 is 5.92 Å². The van der Waals surface area contributed by atoms with Gasteiger partial charge in [-0.3, -0.25) is 4.79 Å². The molecule has 136 valence electrons. The Bertz CT molecular complexity index is 825. The summed E-state index contributed by atoms with van der Waals surface area (Å²) < 4.78 is 26.6. The van der Waals surface area contributed by atoms with Crippen LogP contribution in [0.2, 0.25) is 0 Å². The first-order chi connectivity index (χ1) is 12.4. The second-order valence-electron chi connectivity index (χ2n) is 7.05. The highest BCUT2D eigenvalue weighted by atomic mass is 19.3. The van der Waals surface area contributed by atoms with E-state index in [-0.39, 0.29) is 18.7 Å². The third-order valence-electron chi connectivity index (χ3n) is 5.11. The van der Waals surface area contributed by atoms with E-state index in [4.69, 9.17) is 0 Å². The number of benzene rings is 2. The van der Waals surface area contributed by atoms with Crippen molar-refractivity contribution in [3.8, 4) is 0 Å². The molecule has 1 N–H and O–H groups in total. The maximum atomic E-state index is 13.3. The fourth-order valence-corrected chi connectivity index (χ4v) is 3.56. The van der Waals surface area contributed by atoms with Crippen molar-refractivity contribution in [2.24, 2.45) is 0 Å². The third-order valence-corrected chi connectivity index (χ3v) is 5.11. The van der Waals surface area contributed by atoms with Crippen molar-refractivity contribution in [3.63, 3.8) is 0 Å². The van der Waals surface area contributed by atoms with Crippen LogP contribution in [-0.4, -0.2) is 36.9 Å². The highest BCUT2D eigenvalue weighted by Crippen LogP contribution is 2.31. The molecule has 0 radical (unpaired) electrons. The fourth-order valence-electron chi connectivity index (χ4n) is 3.56. The molecule has 4 nitrogen and oxygen atoms in total. The molecule has 2 aromatic carbocycles. The van der Waals surface area contributed by atoms with Gasteiger partial charge in [-0.1, -0.05) is 0 Å². The number of anilines is 3. The predicted molar refractivity (Wildman–Crippen MR) is 98.4 cm³/mol. The van der Waals surface area contributed by atoms with Crippen molar-refractivity contribution in [2.45, 2.75) is 25.3 Å². The van der Waals surface area contributed by atoms with Crippen molar-refractivity contribution in [1.82, 2.24) is 4.90 Å². The first-order valence-electron chi connectivity index (χ1n) is 8.80. The zero-order chi connectivity index (χ0) is 18.3. The molecule has 1 amide bonds. The van der Waals surface area contributed by atoms with Crippen LogP contribution in [0.3, 0.4) is 0 Å². The van der Waals surface area contributed by atoms with Gasteiger partial charge < -0.3 is 15.1 Å². The lowest BCUT2D eigenvalue weighted by Crippen LogP contribution is -2.39. The second kappa shape index (κ2) is 6.27. The lowest BCUT2D eigenvalue weighted by atomic mass is 10.1. The molecule has 2 aliphatic heterocycles. The highest BCUT2D eigenvalue weighted by molar-refractivity contribution is 5.98. The highest BCUT2D eigenvalue weighted by Gasteiger charge is 2.34. The Balaban J connectivity index is 1.44. The van der Waals surface area contributed by atoms with Crippen molar-refractivity contribution in [1.29, 1.82) is 0 Å². The van der Waals surface area contributed by atoms with Gasteiger partial charge in [0.2, 0.25) is 0 Å². The summed E-state index contributed by atoms with van der Waals surface area (Å²) in [5, 5.41) is 3.34. The first kappa shape index (κ1) is 16.8. The molecule has 0 saturated carbocycles. The molecule has 0 unspecified atom stereocenters. The molecular weight excluding hydrogens is 336 g/mol. The molecule has 2 aromatic rings. The quantitative estimate of drug-likeness (QED) is 0.892. The number of hydrogen-bond donors (Lipinski definition) is 1. The van der Waals surface area contributed by atoms with Crippen LogP contribution < -0.4 is 10.2 Å². The van der Waals surface area contributed by atoms with Gasteiger partial charge in [0.25, 0.3) is 11.8 Å². The van der Waals surface area contributed by atoms with E-state index in [1.807, 2.05) is 47.4 Å². The maximum Gasteiger partial charge on any atom is 0.254 e. The molecule has 0 aliphatic carbocycles. The smallest absolute Gasteiger partial charge is 0.254 e. The topological polar surface area (TPSA) is 35.6 Å². The predicted octanol–water partition coefficient (Wildman–Crippen LogP) is 4.25. The van der Waals surface area contributed by atoms with Crippen molar-refractivity contribution in [2.75, 3.05) is 30.4 Å². The molecule has 2 aliphatic rings. The van der Waals surface area contributed by atoms with Crippen LogP contribution in [0, 0.1) is 0 Å². The van der Waals surface area contributed by atoms with Gasteiger partial charge in [0.15, 0.2) is 0 Å². The van der Waals surface area contributed by atoms with Gasteiger partial charge in [0, 0.05) is 62.1 Å². The SMILES string of the molecule is CN1Cc2cc(Nc3ccc(N4CCC(F)(F)CC4)cc3)ccc2C1=O. The van der Waals surface area contributed by atoms with Crippen LogP contribution in [0.5, 0.6) is 0 Å². The Morgan fingerprint density at radius 1 is 1.00 bits per heavy atom. The van der Waals surface area contributed by atoms with Crippen LogP contribution >= 0.6 is 0 Å². The zero-order valence-corrected chi connectivity index (χ0v) is 14.6. The number of piperidine rings is 1. The number of fused-ring (bicyclic) bond motifs is 1. The van der Waals surface area contributed by atoms with Crippen molar-refractivity contribution >= 4 is 23.0 Å². The van der Waals surface area contributed by atoms with Crippen LogP contribution in [0.15, 0.2) is 42.5 Å². The van der Waals surface area contributed by atoms with E-state index in [0.29, 0.717) is 19.6 Å². The number of amides is 1. The Kier molecular flexibility index (Phi) is 4.05. The minimum Gasteiger partial charge on any atom is -0.371 e. The monoisotopic (exact) mass is 357 g/mol. The van der Waals surface area contributed by atoms with E-state index in [9.17, 15) is 13.6 Å². The van der Waals surface area contributed by atoms with Gasteiger partial charge in [0.05, 0.1) is 0 Å². The number of hydrogen-bond acceptors (Lipinski definition) is 3. The van der Waals surface area contributed by atoms with Gasteiger partial charge >= 0.3 is 0 Å². The largest absolute Gasteiger partial charge is 0.371 e. The van der Waals surface area contributed by atoms with E-state index in [1.165, 1.54) is 0 Å². The number of rotatable bonds is 3. The average Bonchev–Trinajstić information content (AvgIpc) is 2.90. The van der Waals surface area contributed by atoms with Gasteiger partial charge in [-0.2, -0.15) is 0 Å². The van der Waals surface area contributed by atoms with Crippen LogP contribution in [-0.2, 0) is 6.54 Å². The standard InChI is InChI=1S/C20H21F2N3O/c1-24-13-14-12-16(4-7-18(14)19(24)26)23-15-2-5-17(6-3-15)25-10-8-20(21,22)9-11-25/h2-7,12,23H,8-11,13H2,1H3. The molecule has 0 atom stereocenters. The molecule has 6 heteroatoms.